The Bertz CT molecular complexity index is 1620. The van der Waals surface area contributed by atoms with Crippen LogP contribution < -0.4 is 14.4 Å². The fourth-order valence-corrected chi connectivity index (χ4v) is 4.76. The van der Waals surface area contributed by atoms with Crippen LogP contribution in [0.25, 0.3) is 10.8 Å². The van der Waals surface area contributed by atoms with Crippen molar-refractivity contribution in [3.63, 3.8) is 0 Å². The van der Waals surface area contributed by atoms with Gasteiger partial charge >= 0.3 is 5.97 Å². The van der Waals surface area contributed by atoms with E-state index in [0.717, 1.165) is 16.5 Å². The van der Waals surface area contributed by atoms with Gasteiger partial charge in [-0.3, -0.25) is 14.4 Å². The Balaban J connectivity index is 1.62. The van der Waals surface area contributed by atoms with E-state index in [9.17, 15) is 14.4 Å². The predicted molar refractivity (Wildman–Crippen MR) is 148 cm³/mol. The van der Waals surface area contributed by atoms with E-state index >= 15 is 4.39 Å². The summed E-state index contributed by atoms with van der Waals surface area (Å²) < 4.78 is 32.3. The van der Waals surface area contributed by atoms with Crippen molar-refractivity contribution in [2.45, 2.75) is 39.9 Å². The second-order valence-corrected chi connectivity index (χ2v) is 9.60. The first kappa shape index (κ1) is 26.9. The fourth-order valence-electron chi connectivity index (χ4n) is 4.76. The van der Waals surface area contributed by atoms with Crippen molar-refractivity contribution >= 4 is 34.2 Å². The Labute approximate surface area is 231 Å². The largest absolute Gasteiger partial charge is 0.489 e. The molecule has 4 aromatic rings. The summed E-state index contributed by atoms with van der Waals surface area (Å²) in [5.74, 6) is -2.08. The number of nitrogens with zero attached hydrogens (tertiary/aromatic N) is 1. The lowest BCUT2D eigenvalue weighted by Gasteiger charge is -2.19. The first-order chi connectivity index (χ1) is 19.3. The number of ether oxygens (including phenoxy) is 3. The summed E-state index contributed by atoms with van der Waals surface area (Å²) in [4.78, 5) is 40.7. The molecule has 2 amide bonds. The number of amides is 2. The van der Waals surface area contributed by atoms with Crippen molar-refractivity contribution < 1.29 is 33.0 Å². The Morgan fingerprint density at radius 3 is 2.12 bits per heavy atom. The summed E-state index contributed by atoms with van der Waals surface area (Å²) in [5.41, 5.74) is 1.14. The van der Waals surface area contributed by atoms with Gasteiger partial charge in [0.2, 0.25) is 0 Å². The predicted octanol–water partition coefficient (Wildman–Crippen LogP) is 6.25. The van der Waals surface area contributed by atoms with Crippen molar-refractivity contribution in [3.8, 4) is 11.5 Å². The maximum Gasteiger partial charge on any atom is 0.310 e. The Morgan fingerprint density at radius 1 is 0.875 bits per heavy atom. The topological polar surface area (TPSA) is 82.1 Å². The highest BCUT2D eigenvalue weighted by Gasteiger charge is 2.44. The summed E-state index contributed by atoms with van der Waals surface area (Å²) in [6, 6.07) is 20.6. The highest BCUT2D eigenvalue weighted by molar-refractivity contribution is 6.38. The fraction of sp³-hybridized carbons (Fsp3) is 0.219. The number of imide groups is 1. The van der Waals surface area contributed by atoms with Crippen LogP contribution in [0.5, 0.6) is 11.5 Å². The van der Waals surface area contributed by atoms with Gasteiger partial charge in [-0.25, -0.2) is 9.29 Å². The van der Waals surface area contributed by atoms with Crippen molar-refractivity contribution in [3.05, 3.63) is 101 Å². The van der Waals surface area contributed by atoms with Crippen LogP contribution in [-0.4, -0.2) is 30.5 Å². The Kier molecular flexibility index (Phi) is 7.51. The number of halogens is 1. The van der Waals surface area contributed by atoms with E-state index in [1.807, 2.05) is 68.4 Å². The average molecular weight is 542 g/mol. The summed E-state index contributed by atoms with van der Waals surface area (Å²) >= 11 is 0. The van der Waals surface area contributed by atoms with Gasteiger partial charge in [0.15, 0.2) is 0 Å². The quantitative estimate of drug-likeness (QED) is 0.184. The third kappa shape index (κ3) is 5.00. The third-order valence-corrected chi connectivity index (χ3v) is 6.47. The van der Waals surface area contributed by atoms with E-state index < -0.39 is 23.6 Å². The lowest BCUT2D eigenvalue weighted by Crippen LogP contribution is -2.29. The number of anilines is 1. The molecule has 0 aliphatic carbocycles. The van der Waals surface area contributed by atoms with Crippen LogP contribution in [-0.2, 0) is 22.6 Å². The van der Waals surface area contributed by atoms with Crippen LogP contribution in [0.2, 0.25) is 0 Å². The zero-order valence-electron chi connectivity index (χ0n) is 22.4. The minimum atomic E-state index is -0.730. The normalized spacial score (nSPS) is 12.7. The molecular weight excluding hydrogens is 513 g/mol. The van der Waals surface area contributed by atoms with Crippen molar-refractivity contribution in [2.75, 3.05) is 11.5 Å². The van der Waals surface area contributed by atoms with Crippen molar-refractivity contribution in [1.29, 1.82) is 0 Å². The van der Waals surface area contributed by atoms with Gasteiger partial charge in [0.25, 0.3) is 11.8 Å². The average Bonchev–Trinajstić information content (AvgIpc) is 3.19. The molecule has 1 aliphatic heterocycles. The molecule has 0 unspecified atom stereocenters. The van der Waals surface area contributed by atoms with Gasteiger partial charge in [-0.2, -0.15) is 0 Å². The number of esters is 1. The van der Waals surface area contributed by atoms with Crippen molar-refractivity contribution in [2.24, 2.45) is 0 Å². The maximum atomic E-state index is 15.0. The first-order valence-corrected chi connectivity index (χ1v) is 13.0. The summed E-state index contributed by atoms with van der Waals surface area (Å²) in [6.45, 7) is 5.67. The van der Waals surface area contributed by atoms with Crippen LogP contribution in [0, 0.1) is 5.82 Å². The zero-order chi connectivity index (χ0) is 28.4. The molecule has 8 heteroatoms. The number of hydrogen-bond donors (Lipinski definition) is 0. The molecule has 7 nitrogen and oxygen atoms in total. The molecule has 0 saturated carbocycles. The second kappa shape index (κ2) is 11.2. The first-order valence-electron chi connectivity index (χ1n) is 13.0. The van der Waals surface area contributed by atoms with Crippen LogP contribution in [0.3, 0.4) is 0 Å². The van der Waals surface area contributed by atoms with E-state index in [1.54, 1.807) is 6.92 Å². The standard InChI is InChI=1S/C32H28FNO6/c1-4-38-26(35)16-21-14-15-22(17-25(21)33)34-31(36)27-28(32(34)37)30(40-19(2)3)24-13-9-8-12-23(24)29(27)39-18-20-10-6-5-7-11-20/h5-15,17,19H,4,16,18H2,1-3H3. The van der Waals surface area contributed by atoms with Gasteiger partial charge in [-0.1, -0.05) is 60.7 Å². The minimum Gasteiger partial charge on any atom is -0.489 e. The monoisotopic (exact) mass is 541 g/mol. The van der Waals surface area contributed by atoms with Gasteiger partial charge < -0.3 is 14.2 Å². The number of rotatable bonds is 9. The van der Waals surface area contributed by atoms with Crippen LogP contribution >= 0.6 is 0 Å². The van der Waals surface area contributed by atoms with Crippen LogP contribution in [0.1, 0.15) is 52.6 Å². The molecule has 0 radical (unpaired) electrons. The molecule has 1 aliphatic rings. The molecule has 204 valence electrons. The van der Waals surface area contributed by atoms with Gasteiger partial charge in [0, 0.05) is 10.8 Å². The van der Waals surface area contributed by atoms with E-state index in [0.29, 0.717) is 10.8 Å². The Morgan fingerprint density at radius 2 is 1.50 bits per heavy atom. The lowest BCUT2D eigenvalue weighted by molar-refractivity contribution is -0.142. The molecule has 0 saturated heterocycles. The van der Waals surface area contributed by atoms with Gasteiger partial charge in [-0.05, 0) is 44.0 Å². The molecule has 0 bridgehead atoms. The van der Waals surface area contributed by atoms with Crippen molar-refractivity contribution in [1.82, 2.24) is 0 Å². The highest BCUT2D eigenvalue weighted by atomic mass is 19.1. The number of hydrogen-bond acceptors (Lipinski definition) is 6. The SMILES string of the molecule is CCOC(=O)Cc1ccc(N2C(=O)c3c(c(OC(C)C)c4ccccc4c3OCc3ccccc3)C2=O)cc1F. The molecule has 0 N–H and O–H groups in total. The van der Waals surface area contributed by atoms with Gasteiger partial charge in [0.05, 0.1) is 35.9 Å². The van der Waals surface area contributed by atoms with Gasteiger partial charge in [-0.15, -0.1) is 0 Å². The molecule has 0 spiro atoms. The number of fused-ring (bicyclic) bond motifs is 2. The molecule has 0 aromatic heterocycles. The van der Waals surface area contributed by atoms with Gasteiger partial charge in [0.1, 0.15) is 23.9 Å². The Hall–Kier alpha value is -4.72. The van der Waals surface area contributed by atoms with E-state index in [4.69, 9.17) is 14.2 Å². The van der Waals surface area contributed by atoms with Crippen LogP contribution in [0.15, 0.2) is 72.8 Å². The molecule has 1 heterocycles. The summed E-state index contributed by atoms with van der Waals surface area (Å²) in [5, 5.41) is 1.24. The smallest absolute Gasteiger partial charge is 0.310 e. The molecule has 0 fully saturated rings. The molecule has 0 atom stereocenters. The number of carbonyl (C=O) groups is 3. The molecule has 40 heavy (non-hydrogen) atoms. The minimum absolute atomic E-state index is 0.0323. The number of benzene rings is 4. The maximum absolute atomic E-state index is 15.0. The lowest BCUT2D eigenvalue weighted by atomic mass is 9.98. The molecule has 5 rings (SSSR count). The molecular formula is C32H28FNO6. The summed E-state index contributed by atoms with van der Waals surface area (Å²) in [7, 11) is 0. The second-order valence-electron chi connectivity index (χ2n) is 9.60. The summed E-state index contributed by atoms with van der Waals surface area (Å²) in [6.07, 6.45) is -0.558. The van der Waals surface area contributed by atoms with Crippen LogP contribution in [0.4, 0.5) is 10.1 Å². The highest BCUT2D eigenvalue weighted by Crippen LogP contribution is 2.46. The molecule has 4 aromatic carbocycles. The van der Waals surface area contributed by atoms with E-state index in [-0.39, 0.29) is 59.6 Å². The van der Waals surface area contributed by atoms with E-state index in [1.165, 1.54) is 12.1 Å². The third-order valence-electron chi connectivity index (χ3n) is 6.47. The zero-order valence-corrected chi connectivity index (χ0v) is 22.4. The number of carbonyl (C=O) groups excluding carboxylic acids is 3. The van der Waals surface area contributed by atoms with E-state index in [2.05, 4.69) is 0 Å².